The van der Waals surface area contributed by atoms with Gasteiger partial charge in [0, 0.05) is 18.1 Å². The zero-order valence-corrected chi connectivity index (χ0v) is 10.9. The Hall–Kier alpha value is -0.770. The lowest BCUT2D eigenvalue weighted by molar-refractivity contribution is 0.182. The molecular weight excluding hydrogens is 228 g/mol. The van der Waals surface area contributed by atoms with E-state index in [2.05, 4.69) is 10.6 Å². The Morgan fingerprint density at radius 3 is 2.22 bits per heavy atom. The second-order valence-electron chi connectivity index (χ2n) is 6.45. The number of rotatable bonds is 3. The van der Waals surface area contributed by atoms with Crippen LogP contribution in [0, 0.1) is 11.8 Å². The van der Waals surface area contributed by atoms with Crippen molar-refractivity contribution in [2.45, 2.75) is 69.5 Å². The number of amides is 1. The van der Waals surface area contributed by atoms with Gasteiger partial charge in [0.2, 0.25) is 0 Å². The summed E-state index contributed by atoms with van der Waals surface area (Å²) in [7, 11) is 0. The molecule has 102 valence electrons. The normalized spacial score (nSPS) is 43.0. The van der Waals surface area contributed by atoms with Gasteiger partial charge in [-0.1, -0.05) is 6.42 Å². The molecule has 3 aliphatic carbocycles. The van der Waals surface area contributed by atoms with E-state index in [1.165, 1.54) is 25.7 Å². The van der Waals surface area contributed by atoms with Gasteiger partial charge in [0.15, 0.2) is 0 Å². The molecule has 2 bridgehead atoms. The highest BCUT2D eigenvalue weighted by atomic mass is 16.4. The molecule has 3 N–H and O–H groups in total. The molecule has 18 heavy (non-hydrogen) atoms. The molecule has 0 spiro atoms. The van der Waals surface area contributed by atoms with Crippen LogP contribution < -0.4 is 10.6 Å². The van der Waals surface area contributed by atoms with E-state index >= 15 is 0 Å². The molecule has 3 saturated carbocycles. The molecule has 0 radical (unpaired) electrons. The quantitative estimate of drug-likeness (QED) is 0.722. The lowest BCUT2D eigenvalue weighted by Crippen LogP contribution is -2.46. The average molecular weight is 252 g/mol. The zero-order valence-electron chi connectivity index (χ0n) is 10.9. The van der Waals surface area contributed by atoms with E-state index in [0.717, 1.165) is 43.6 Å². The third kappa shape index (κ3) is 2.63. The summed E-state index contributed by atoms with van der Waals surface area (Å²) in [5.41, 5.74) is 0. The van der Waals surface area contributed by atoms with Gasteiger partial charge in [-0.05, 0) is 56.8 Å². The largest absolute Gasteiger partial charge is 0.465 e. The molecule has 3 rings (SSSR count). The fraction of sp³-hybridized carbons (Fsp3) is 0.929. The number of hydrogen-bond acceptors (Lipinski definition) is 2. The van der Waals surface area contributed by atoms with Crippen LogP contribution in [0.1, 0.15) is 51.4 Å². The third-order valence-electron chi connectivity index (χ3n) is 5.24. The highest BCUT2D eigenvalue weighted by Gasteiger charge is 2.40. The third-order valence-corrected chi connectivity index (χ3v) is 5.24. The van der Waals surface area contributed by atoms with Crippen LogP contribution in [0.3, 0.4) is 0 Å². The summed E-state index contributed by atoms with van der Waals surface area (Å²) in [6.45, 7) is 0. The van der Waals surface area contributed by atoms with Crippen LogP contribution >= 0.6 is 0 Å². The van der Waals surface area contributed by atoms with Crippen molar-refractivity contribution >= 4 is 6.09 Å². The summed E-state index contributed by atoms with van der Waals surface area (Å²) in [5, 5.41) is 15.2. The van der Waals surface area contributed by atoms with Crippen LogP contribution in [-0.4, -0.2) is 29.3 Å². The molecule has 3 fully saturated rings. The molecule has 4 heteroatoms. The minimum atomic E-state index is -0.875. The molecule has 3 atom stereocenters. The Bertz CT molecular complexity index is 313. The summed E-state index contributed by atoms with van der Waals surface area (Å²) in [6.07, 6.45) is 9.08. The first-order chi connectivity index (χ1) is 8.70. The first-order valence-electron chi connectivity index (χ1n) is 7.46. The predicted octanol–water partition coefficient (Wildman–Crippen LogP) is 2.34. The summed E-state index contributed by atoms with van der Waals surface area (Å²) in [5.74, 6) is 1.93. The zero-order chi connectivity index (χ0) is 12.5. The van der Waals surface area contributed by atoms with Crippen molar-refractivity contribution in [3.8, 4) is 0 Å². The van der Waals surface area contributed by atoms with Crippen molar-refractivity contribution in [1.82, 2.24) is 10.6 Å². The Morgan fingerprint density at radius 2 is 1.67 bits per heavy atom. The first-order valence-corrected chi connectivity index (χ1v) is 7.46. The van der Waals surface area contributed by atoms with E-state index in [9.17, 15) is 4.79 Å². The standard InChI is InChI=1S/C14H24N2O2/c17-14(18)16-12-5-3-11(4-6-12)15-13-8-9-1-2-10(13)7-9/h9-13,15-16H,1-8H2,(H,17,18)/t9-,10?,11?,12?,13+/m1/s1. The maximum absolute atomic E-state index is 10.6. The molecule has 0 saturated heterocycles. The summed E-state index contributed by atoms with van der Waals surface area (Å²) in [6, 6.07) is 1.57. The number of nitrogens with one attached hydrogen (secondary N) is 2. The highest BCUT2D eigenvalue weighted by molar-refractivity contribution is 5.64. The number of fused-ring (bicyclic) bond motifs is 2. The van der Waals surface area contributed by atoms with E-state index < -0.39 is 6.09 Å². The van der Waals surface area contributed by atoms with Crippen LogP contribution in [0.2, 0.25) is 0 Å². The number of carbonyl (C=O) groups is 1. The molecule has 3 aliphatic rings. The van der Waals surface area contributed by atoms with Gasteiger partial charge in [-0.2, -0.15) is 0 Å². The molecule has 1 unspecified atom stereocenters. The Labute approximate surface area is 109 Å². The van der Waals surface area contributed by atoms with Gasteiger partial charge in [0.05, 0.1) is 0 Å². The van der Waals surface area contributed by atoms with Gasteiger partial charge in [-0.25, -0.2) is 4.79 Å². The SMILES string of the molecule is O=C(O)NC1CCC(N[C@H]2C[C@@H]3CCC2C3)CC1. The maximum Gasteiger partial charge on any atom is 0.404 e. The van der Waals surface area contributed by atoms with E-state index in [1.807, 2.05) is 0 Å². The fourth-order valence-corrected chi connectivity index (χ4v) is 4.33. The molecule has 4 nitrogen and oxygen atoms in total. The molecule has 0 aromatic rings. The Morgan fingerprint density at radius 1 is 0.944 bits per heavy atom. The second kappa shape index (κ2) is 5.08. The van der Waals surface area contributed by atoms with Crippen molar-refractivity contribution < 1.29 is 9.90 Å². The molecule has 0 aromatic heterocycles. The smallest absolute Gasteiger partial charge is 0.404 e. The number of hydrogen-bond donors (Lipinski definition) is 3. The van der Waals surface area contributed by atoms with E-state index in [-0.39, 0.29) is 6.04 Å². The lowest BCUT2D eigenvalue weighted by atomic mass is 9.88. The minimum Gasteiger partial charge on any atom is -0.465 e. The molecule has 1 amide bonds. The van der Waals surface area contributed by atoms with Crippen LogP contribution in [0.5, 0.6) is 0 Å². The Balaban J connectivity index is 1.42. The summed E-state index contributed by atoms with van der Waals surface area (Å²) >= 11 is 0. The van der Waals surface area contributed by atoms with Gasteiger partial charge >= 0.3 is 6.09 Å². The topological polar surface area (TPSA) is 61.4 Å². The van der Waals surface area contributed by atoms with E-state index in [4.69, 9.17) is 5.11 Å². The molecule has 0 aliphatic heterocycles. The fourth-order valence-electron chi connectivity index (χ4n) is 4.33. The Kier molecular flexibility index (Phi) is 3.46. The first kappa shape index (κ1) is 12.3. The van der Waals surface area contributed by atoms with Crippen molar-refractivity contribution in [2.24, 2.45) is 11.8 Å². The van der Waals surface area contributed by atoms with Gasteiger partial charge in [0.1, 0.15) is 0 Å². The average Bonchev–Trinajstić information content (AvgIpc) is 2.93. The van der Waals surface area contributed by atoms with Crippen molar-refractivity contribution in [3.63, 3.8) is 0 Å². The van der Waals surface area contributed by atoms with Gasteiger partial charge in [-0.3, -0.25) is 0 Å². The second-order valence-corrected chi connectivity index (χ2v) is 6.45. The monoisotopic (exact) mass is 252 g/mol. The lowest BCUT2D eigenvalue weighted by Gasteiger charge is -2.33. The predicted molar refractivity (Wildman–Crippen MR) is 69.6 cm³/mol. The number of carboxylic acid groups (broad SMARTS) is 1. The minimum absolute atomic E-state index is 0.181. The van der Waals surface area contributed by atoms with Crippen molar-refractivity contribution in [2.75, 3.05) is 0 Å². The van der Waals surface area contributed by atoms with Crippen LogP contribution in [0.4, 0.5) is 4.79 Å². The van der Waals surface area contributed by atoms with Gasteiger partial charge in [-0.15, -0.1) is 0 Å². The van der Waals surface area contributed by atoms with Crippen molar-refractivity contribution in [1.29, 1.82) is 0 Å². The van der Waals surface area contributed by atoms with Gasteiger partial charge in [0.25, 0.3) is 0 Å². The highest BCUT2D eigenvalue weighted by Crippen LogP contribution is 2.44. The summed E-state index contributed by atoms with van der Waals surface area (Å²) < 4.78 is 0. The van der Waals surface area contributed by atoms with Crippen LogP contribution in [-0.2, 0) is 0 Å². The molecular formula is C14H24N2O2. The van der Waals surface area contributed by atoms with E-state index in [1.54, 1.807) is 0 Å². The van der Waals surface area contributed by atoms with E-state index in [0.29, 0.717) is 6.04 Å². The summed E-state index contributed by atoms with van der Waals surface area (Å²) in [4.78, 5) is 10.6. The maximum atomic E-state index is 10.6. The van der Waals surface area contributed by atoms with Crippen LogP contribution in [0.25, 0.3) is 0 Å². The van der Waals surface area contributed by atoms with Gasteiger partial charge < -0.3 is 15.7 Å². The van der Waals surface area contributed by atoms with Crippen molar-refractivity contribution in [3.05, 3.63) is 0 Å². The van der Waals surface area contributed by atoms with Crippen LogP contribution in [0.15, 0.2) is 0 Å². The molecule has 0 heterocycles. The molecule has 0 aromatic carbocycles.